The van der Waals surface area contributed by atoms with Gasteiger partial charge in [-0.25, -0.2) is 4.79 Å². The second kappa shape index (κ2) is 7.51. The summed E-state index contributed by atoms with van der Waals surface area (Å²) in [6.45, 7) is 1.85. The number of carbonyl (C=O) groups is 2. The maximum Gasteiger partial charge on any atom is 0.317 e. The van der Waals surface area contributed by atoms with Gasteiger partial charge in [-0.3, -0.25) is 4.79 Å². The van der Waals surface area contributed by atoms with Gasteiger partial charge in [0.15, 0.2) is 0 Å². The van der Waals surface area contributed by atoms with E-state index in [1.54, 1.807) is 0 Å². The second-order valence-corrected chi connectivity index (χ2v) is 7.46. The third kappa shape index (κ3) is 4.59. The van der Waals surface area contributed by atoms with Gasteiger partial charge in [-0.1, -0.05) is 12.8 Å². The van der Waals surface area contributed by atoms with Crippen molar-refractivity contribution in [3.63, 3.8) is 0 Å². The first kappa shape index (κ1) is 16.6. The number of rotatable bonds is 5. The van der Waals surface area contributed by atoms with Crippen molar-refractivity contribution in [2.45, 2.75) is 63.5 Å². The fraction of sp³-hybridized carbons (Fsp3) is 0.882. The fourth-order valence-corrected chi connectivity index (χ4v) is 3.77. The lowest BCUT2D eigenvalue weighted by molar-refractivity contribution is -0.126. The van der Waals surface area contributed by atoms with Gasteiger partial charge in [0, 0.05) is 31.7 Å². The van der Waals surface area contributed by atoms with Gasteiger partial charge in [-0.15, -0.1) is 0 Å². The molecule has 3 rings (SSSR count). The molecule has 2 saturated carbocycles. The number of piperidine rings is 1. The van der Waals surface area contributed by atoms with Gasteiger partial charge >= 0.3 is 6.03 Å². The van der Waals surface area contributed by atoms with Crippen molar-refractivity contribution < 1.29 is 9.59 Å². The summed E-state index contributed by atoms with van der Waals surface area (Å²) in [6, 6.07) is 0.418. The first-order valence-corrected chi connectivity index (χ1v) is 9.22. The number of nitrogens with one attached hydrogen (secondary N) is 2. The quantitative estimate of drug-likeness (QED) is 0.711. The van der Waals surface area contributed by atoms with Gasteiger partial charge in [-0.2, -0.15) is 0 Å². The van der Waals surface area contributed by atoms with Crippen molar-refractivity contribution in [3.05, 3.63) is 0 Å². The molecule has 0 bridgehead atoms. The third-order valence-electron chi connectivity index (χ3n) is 5.50. The van der Waals surface area contributed by atoms with E-state index in [1.807, 2.05) is 4.90 Å². The van der Waals surface area contributed by atoms with Crippen LogP contribution in [0, 0.1) is 11.8 Å². The third-order valence-corrected chi connectivity index (χ3v) is 5.50. The highest BCUT2D eigenvalue weighted by Crippen LogP contribution is 2.31. The zero-order valence-electron chi connectivity index (χ0n) is 13.9. The normalized spacial score (nSPS) is 26.8. The SMILES string of the molecule is NC(CNC(=O)C1CCCN(C(=O)NC2CCCC2)C1)C1CC1. The summed E-state index contributed by atoms with van der Waals surface area (Å²) >= 11 is 0. The van der Waals surface area contributed by atoms with E-state index in [2.05, 4.69) is 10.6 Å². The predicted molar refractivity (Wildman–Crippen MR) is 88.8 cm³/mol. The van der Waals surface area contributed by atoms with Crippen LogP contribution in [0.15, 0.2) is 0 Å². The van der Waals surface area contributed by atoms with Gasteiger partial charge in [0.1, 0.15) is 0 Å². The van der Waals surface area contributed by atoms with Crippen LogP contribution in [-0.2, 0) is 4.79 Å². The molecule has 0 spiro atoms. The maximum absolute atomic E-state index is 12.3. The van der Waals surface area contributed by atoms with Crippen molar-refractivity contribution in [3.8, 4) is 0 Å². The van der Waals surface area contributed by atoms with Gasteiger partial charge < -0.3 is 21.3 Å². The Balaban J connectivity index is 1.42. The standard InChI is InChI=1S/C17H30N4O2/c18-15(12-7-8-12)10-19-16(22)13-4-3-9-21(11-13)17(23)20-14-5-1-2-6-14/h12-15H,1-11,18H2,(H,19,22)(H,20,23). The minimum absolute atomic E-state index is 0.00378. The molecule has 23 heavy (non-hydrogen) atoms. The number of hydrogen-bond acceptors (Lipinski definition) is 3. The summed E-state index contributed by atoms with van der Waals surface area (Å²) in [5.74, 6) is 0.555. The average Bonchev–Trinajstić information content (AvgIpc) is 3.30. The molecular formula is C17H30N4O2. The van der Waals surface area contributed by atoms with E-state index in [-0.39, 0.29) is 23.9 Å². The Morgan fingerprint density at radius 1 is 1.09 bits per heavy atom. The molecule has 4 N–H and O–H groups in total. The molecule has 2 atom stereocenters. The lowest BCUT2D eigenvalue weighted by atomic mass is 9.97. The number of likely N-dealkylation sites (tertiary alicyclic amines) is 1. The van der Waals surface area contributed by atoms with Crippen LogP contribution in [0.25, 0.3) is 0 Å². The summed E-state index contributed by atoms with van der Waals surface area (Å²) in [5, 5.41) is 6.10. The van der Waals surface area contributed by atoms with E-state index in [0.717, 1.165) is 32.2 Å². The molecule has 2 aliphatic carbocycles. The van der Waals surface area contributed by atoms with Crippen LogP contribution in [-0.4, -0.2) is 48.6 Å². The Hall–Kier alpha value is -1.30. The lowest BCUT2D eigenvalue weighted by Gasteiger charge is -2.33. The Morgan fingerprint density at radius 2 is 1.83 bits per heavy atom. The first-order chi connectivity index (χ1) is 11.1. The predicted octanol–water partition coefficient (Wildman–Crippen LogP) is 1.20. The number of amides is 3. The minimum Gasteiger partial charge on any atom is -0.354 e. The van der Waals surface area contributed by atoms with E-state index in [9.17, 15) is 9.59 Å². The number of urea groups is 1. The Bertz CT molecular complexity index is 432. The molecule has 0 aromatic rings. The zero-order valence-corrected chi connectivity index (χ0v) is 13.9. The molecule has 3 amide bonds. The Labute approximate surface area is 138 Å². The molecule has 3 aliphatic rings. The van der Waals surface area contributed by atoms with Crippen LogP contribution >= 0.6 is 0 Å². The van der Waals surface area contributed by atoms with Crippen LogP contribution in [0.3, 0.4) is 0 Å². The molecule has 0 aromatic heterocycles. The van der Waals surface area contributed by atoms with Crippen LogP contribution in [0.4, 0.5) is 4.79 Å². The van der Waals surface area contributed by atoms with E-state index in [1.165, 1.54) is 25.7 Å². The molecule has 6 nitrogen and oxygen atoms in total. The number of nitrogens with two attached hydrogens (primary N) is 1. The average molecular weight is 322 g/mol. The largest absolute Gasteiger partial charge is 0.354 e. The molecule has 1 aliphatic heterocycles. The molecule has 1 heterocycles. The van der Waals surface area contributed by atoms with E-state index in [4.69, 9.17) is 5.73 Å². The topological polar surface area (TPSA) is 87.5 Å². The van der Waals surface area contributed by atoms with Gasteiger partial charge in [-0.05, 0) is 44.4 Å². The summed E-state index contributed by atoms with van der Waals surface area (Å²) in [7, 11) is 0. The van der Waals surface area contributed by atoms with Gasteiger partial charge in [0.2, 0.25) is 5.91 Å². The molecule has 1 saturated heterocycles. The summed E-state index contributed by atoms with van der Waals surface area (Å²) in [4.78, 5) is 26.5. The monoisotopic (exact) mass is 322 g/mol. The molecule has 0 radical (unpaired) electrons. The van der Waals surface area contributed by atoms with Crippen molar-refractivity contribution in [2.75, 3.05) is 19.6 Å². The first-order valence-electron chi connectivity index (χ1n) is 9.22. The Kier molecular flexibility index (Phi) is 5.41. The van der Waals surface area contributed by atoms with Crippen molar-refractivity contribution in [1.29, 1.82) is 0 Å². The Morgan fingerprint density at radius 3 is 2.52 bits per heavy atom. The van der Waals surface area contributed by atoms with Gasteiger partial charge in [0.25, 0.3) is 0 Å². The van der Waals surface area contributed by atoms with Crippen molar-refractivity contribution >= 4 is 11.9 Å². The number of hydrogen-bond donors (Lipinski definition) is 3. The number of carbonyl (C=O) groups excluding carboxylic acids is 2. The highest BCUT2D eigenvalue weighted by molar-refractivity contribution is 5.81. The lowest BCUT2D eigenvalue weighted by Crippen LogP contribution is -2.51. The second-order valence-electron chi connectivity index (χ2n) is 7.46. The summed E-state index contributed by atoms with van der Waals surface area (Å²) < 4.78 is 0. The number of nitrogens with zero attached hydrogens (tertiary/aromatic N) is 1. The van der Waals surface area contributed by atoms with Crippen LogP contribution in [0.5, 0.6) is 0 Å². The van der Waals surface area contributed by atoms with Crippen LogP contribution in [0.2, 0.25) is 0 Å². The summed E-state index contributed by atoms with van der Waals surface area (Å²) in [6.07, 6.45) is 8.72. The van der Waals surface area contributed by atoms with E-state index >= 15 is 0 Å². The summed E-state index contributed by atoms with van der Waals surface area (Å²) in [5.41, 5.74) is 6.03. The maximum atomic E-state index is 12.3. The smallest absolute Gasteiger partial charge is 0.317 e. The fourth-order valence-electron chi connectivity index (χ4n) is 3.77. The van der Waals surface area contributed by atoms with Gasteiger partial charge in [0.05, 0.1) is 5.92 Å². The minimum atomic E-state index is -0.0931. The van der Waals surface area contributed by atoms with Crippen molar-refractivity contribution in [1.82, 2.24) is 15.5 Å². The molecule has 0 aromatic carbocycles. The molecule has 2 unspecified atom stereocenters. The van der Waals surface area contributed by atoms with E-state index < -0.39 is 0 Å². The molecule has 3 fully saturated rings. The highest BCUT2D eigenvalue weighted by atomic mass is 16.2. The highest BCUT2D eigenvalue weighted by Gasteiger charge is 2.32. The molecule has 6 heteroatoms. The van der Waals surface area contributed by atoms with Crippen LogP contribution in [0.1, 0.15) is 51.4 Å². The van der Waals surface area contributed by atoms with Crippen molar-refractivity contribution in [2.24, 2.45) is 17.6 Å². The molecular weight excluding hydrogens is 292 g/mol. The van der Waals surface area contributed by atoms with Crippen LogP contribution < -0.4 is 16.4 Å². The zero-order chi connectivity index (χ0) is 16.2. The molecule has 130 valence electrons. The van der Waals surface area contributed by atoms with E-state index in [0.29, 0.717) is 25.0 Å².